The summed E-state index contributed by atoms with van der Waals surface area (Å²) in [4.78, 5) is 0. The fourth-order valence-electron chi connectivity index (χ4n) is 3.84. The normalized spacial score (nSPS) is 11.8. The van der Waals surface area contributed by atoms with Gasteiger partial charge in [-0.15, -0.1) is 0 Å². The highest BCUT2D eigenvalue weighted by molar-refractivity contribution is 5.13. The van der Waals surface area contributed by atoms with Gasteiger partial charge in [-0.25, -0.2) is 0 Å². The van der Waals surface area contributed by atoms with Crippen LogP contribution >= 0.6 is 0 Å². The van der Waals surface area contributed by atoms with E-state index >= 15 is 0 Å². The molecular formula is C24H44N+. The van der Waals surface area contributed by atoms with Crippen LogP contribution < -0.4 is 0 Å². The third-order valence-electron chi connectivity index (χ3n) is 5.51. The van der Waals surface area contributed by atoms with Gasteiger partial charge in [0.2, 0.25) is 0 Å². The number of hydrogen-bond donors (Lipinski definition) is 0. The topological polar surface area (TPSA) is 0 Å². The minimum absolute atomic E-state index is 1.20. The molecule has 1 rings (SSSR count). The molecule has 0 saturated heterocycles. The van der Waals surface area contributed by atoms with Gasteiger partial charge in [-0.2, -0.15) is 0 Å². The van der Waals surface area contributed by atoms with Gasteiger partial charge >= 0.3 is 0 Å². The Labute approximate surface area is 158 Å². The van der Waals surface area contributed by atoms with Crippen molar-refractivity contribution < 1.29 is 4.48 Å². The van der Waals surface area contributed by atoms with E-state index in [0.29, 0.717) is 0 Å². The molecule has 0 aliphatic rings. The molecule has 1 aromatic carbocycles. The van der Waals surface area contributed by atoms with E-state index in [-0.39, 0.29) is 0 Å². The van der Waals surface area contributed by atoms with Crippen LogP contribution in [0.2, 0.25) is 0 Å². The highest BCUT2D eigenvalue weighted by Crippen LogP contribution is 2.17. The predicted molar refractivity (Wildman–Crippen MR) is 113 cm³/mol. The van der Waals surface area contributed by atoms with Gasteiger partial charge in [0.1, 0.15) is 6.54 Å². The van der Waals surface area contributed by atoms with Crippen LogP contribution in [0.1, 0.15) is 96.5 Å². The standard InChI is InChI=1S/C24H44N/c1-4-6-8-10-12-17-21-25(3,22-18-13-11-9-7-5-2)23-24-19-15-14-16-20-24/h14-16,19-20H,4-13,17-18,21-23H2,1-3H3/q+1. The maximum atomic E-state index is 2.49. The Balaban J connectivity index is 2.39. The van der Waals surface area contributed by atoms with Crippen molar-refractivity contribution in [1.29, 1.82) is 0 Å². The lowest BCUT2D eigenvalue weighted by molar-refractivity contribution is -0.923. The Bertz CT molecular complexity index is 382. The van der Waals surface area contributed by atoms with E-state index in [4.69, 9.17) is 0 Å². The van der Waals surface area contributed by atoms with E-state index in [2.05, 4.69) is 51.2 Å². The average molecular weight is 347 g/mol. The number of rotatable bonds is 16. The first kappa shape index (κ1) is 22.2. The summed E-state index contributed by atoms with van der Waals surface area (Å²) in [5.74, 6) is 0. The van der Waals surface area contributed by atoms with Gasteiger partial charge in [-0.1, -0.05) is 95.5 Å². The molecule has 0 heterocycles. The molecule has 1 nitrogen and oxygen atoms in total. The highest BCUT2D eigenvalue weighted by atomic mass is 15.3. The van der Waals surface area contributed by atoms with E-state index in [1.165, 1.54) is 107 Å². The summed E-state index contributed by atoms with van der Waals surface area (Å²) in [6.45, 7) is 8.49. The van der Waals surface area contributed by atoms with Gasteiger partial charge in [0.25, 0.3) is 0 Å². The maximum Gasteiger partial charge on any atom is 0.104 e. The smallest absolute Gasteiger partial charge is 0.104 e. The van der Waals surface area contributed by atoms with Crippen LogP contribution in [0.3, 0.4) is 0 Å². The van der Waals surface area contributed by atoms with Crippen LogP contribution in [0.5, 0.6) is 0 Å². The van der Waals surface area contributed by atoms with Gasteiger partial charge in [-0.3, -0.25) is 0 Å². The second kappa shape index (κ2) is 14.4. The Kier molecular flexibility index (Phi) is 12.8. The molecule has 0 aliphatic carbocycles. The molecule has 0 aromatic heterocycles. The molecule has 0 spiro atoms. The zero-order valence-corrected chi connectivity index (χ0v) is 17.4. The summed E-state index contributed by atoms with van der Waals surface area (Å²) in [7, 11) is 2.49. The third-order valence-corrected chi connectivity index (χ3v) is 5.51. The SMILES string of the molecule is CCCCCCCC[N+](C)(CCCCCCCC)Cc1ccccc1. The summed E-state index contributed by atoms with van der Waals surface area (Å²) in [5.41, 5.74) is 1.50. The van der Waals surface area contributed by atoms with Gasteiger partial charge in [0.15, 0.2) is 0 Å². The van der Waals surface area contributed by atoms with E-state index in [9.17, 15) is 0 Å². The van der Waals surface area contributed by atoms with Crippen LogP contribution in [0.25, 0.3) is 0 Å². The third kappa shape index (κ3) is 11.4. The predicted octanol–water partition coefficient (Wildman–Crippen LogP) is 7.35. The zero-order chi connectivity index (χ0) is 18.2. The molecular weight excluding hydrogens is 302 g/mol. The molecule has 0 fully saturated rings. The minimum atomic E-state index is 1.20. The molecule has 0 unspecified atom stereocenters. The molecule has 0 N–H and O–H groups in total. The molecule has 0 aliphatic heterocycles. The molecule has 0 radical (unpaired) electrons. The molecule has 0 bridgehead atoms. The van der Waals surface area contributed by atoms with E-state index < -0.39 is 0 Å². The first-order valence-corrected chi connectivity index (χ1v) is 11.1. The molecule has 0 saturated carbocycles. The fourth-order valence-corrected chi connectivity index (χ4v) is 3.84. The zero-order valence-electron chi connectivity index (χ0n) is 17.4. The summed E-state index contributed by atoms with van der Waals surface area (Å²) < 4.78 is 1.23. The fraction of sp³-hybridized carbons (Fsp3) is 0.750. The van der Waals surface area contributed by atoms with Crippen molar-refractivity contribution in [3.8, 4) is 0 Å². The van der Waals surface area contributed by atoms with Crippen molar-refractivity contribution >= 4 is 0 Å². The monoisotopic (exact) mass is 346 g/mol. The quantitative estimate of drug-likeness (QED) is 0.217. The molecule has 0 amide bonds. The summed E-state index contributed by atoms with van der Waals surface area (Å²) in [5, 5.41) is 0. The van der Waals surface area contributed by atoms with Crippen LogP contribution in [-0.2, 0) is 6.54 Å². The molecule has 25 heavy (non-hydrogen) atoms. The van der Waals surface area contributed by atoms with Crippen molar-refractivity contribution in [2.45, 2.75) is 97.4 Å². The number of unbranched alkanes of at least 4 members (excludes halogenated alkanes) is 10. The molecule has 1 aromatic rings. The van der Waals surface area contributed by atoms with Crippen molar-refractivity contribution in [2.24, 2.45) is 0 Å². The first-order valence-electron chi connectivity index (χ1n) is 11.1. The van der Waals surface area contributed by atoms with Crippen LogP contribution in [0.15, 0.2) is 30.3 Å². The largest absolute Gasteiger partial charge is 0.322 e. The number of benzene rings is 1. The van der Waals surface area contributed by atoms with Crippen molar-refractivity contribution in [3.05, 3.63) is 35.9 Å². The molecule has 1 heteroatoms. The second-order valence-electron chi connectivity index (χ2n) is 8.25. The minimum Gasteiger partial charge on any atom is -0.322 e. The van der Waals surface area contributed by atoms with Gasteiger partial charge in [0.05, 0.1) is 20.1 Å². The molecule has 144 valence electrons. The highest BCUT2D eigenvalue weighted by Gasteiger charge is 2.21. The number of nitrogens with zero attached hydrogens (tertiary/aromatic N) is 1. The molecule has 0 atom stereocenters. The van der Waals surface area contributed by atoms with Crippen LogP contribution in [0, 0.1) is 0 Å². The van der Waals surface area contributed by atoms with E-state index in [1.54, 1.807) is 0 Å². The number of quaternary nitrogens is 1. The average Bonchev–Trinajstić information content (AvgIpc) is 2.62. The van der Waals surface area contributed by atoms with E-state index in [1.807, 2.05) is 0 Å². The van der Waals surface area contributed by atoms with Crippen molar-refractivity contribution in [1.82, 2.24) is 0 Å². The Morgan fingerprint density at radius 1 is 0.600 bits per heavy atom. The Hall–Kier alpha value is -0.820. The summed E-state index contributed by atoms with van der Waals surface area (Å²) in [6, 6.07) is 11.1. The lowest BCUT2D eigenvalue weighted by Crippen LogP contribution is -2.44. The summed E-state index contributed by atoms with van der Waals surface area (Å²) in [6.07, 6.45) is 16.8. The lowest BCUT2D eigenvalue weighted by Gasteiger charge is -2.35. The van der Waals surface area contributed by atoms with Gasteiger partial charge < -0.3 is 4.48 Å². The Morgan fingerprint density at radius 2 is 1.04 bits per heavy atom. The van der Waals surface area contributed by atoms with Gasteiger partial charge in [-0.05, 0) is 25.7 Å². The lowest BCUT2D eigenvalue weighted by atomic mass is 10.1. The summed E-state index contributed by atoms with van der Waals surface area (Å²) >= 11 is 0. The van der Waals surface area contributed by atoms with E-state index in [0.717, 1.165) is 0 Å². The number of hydrogen-bond acceptors (Lipinski definition) is 0. The first-order chi connectivity index (χ1) is 12.2. The van der Waals surface area contributed by atoms with Crippen LogP contribution in [-0.4, -0.2) is 24.6 Å². The van der Waals surface area contributed by atoms with Gasteiger partial charge in [0, 0.05) is 5.56 Å². The van der Waals surface area contributed by atoms with Crippen molar-refractivity contribution in [2.75, 3.05) is 20.1 Å². The Morgan fingerprint density at radius 3 is 1.52 bits per heavy atom. The van der Waals surface area contributed by atoms with Crippen molar-refractivity contribution in [3.63, 3.8) is 0 Å². The second-order valence-corrected chi connectivity index (χ2v) is 8.25. The van der Waals surface area contributed by atoms with Crippen LogP contribution in [0.4, 0.5) is 0 Å². The maximum absolute atomic E-state index is 2.49.